The molecule has 2 rings (SSSR count). The first-order valence-electron chi connectivity index (χ1n) is 8.29. The molecule has 0 aromatic heterocycles. The van der Waals surface area contributed by atoms with E-state index in [1.807, 2.05) is 11.8 Å². The second kappa shape index (κ2) is 7.65. The highest BCUT2D eigenvalue weighted by Gasteiger charge is 2.28. The highest BCUT2D eigenvalue weighted by molar-refractivity contribution is 5.80. The molecule has 0 spiro atoms. The Labute approximate surface area is 122 Å². The van der Waals surface area contributed by atoms with Crippen LogP contribution in [0.2, 0.25) is 0 Å². The van der Waals surface area contributed by atoms with Gasteiger partial charge in [-0.3, -0.25) is 9.59 Å². The highest BCUT2D eigenvalue weighted by Crippen LogP contribution is 2.21. The van der Waals surface area contributed by atoms with Crippen LogP contribution >= 0.6 is 0 Å². The molecule has 0 radical (unpaired) electrons. The number of carbonyl (C=O) groups excluding carboxylic acids is 2. The zero-order valence-electron chi connectivity index (χ0n) is 12.7. The van der Waals surface area contributed by atoms with Gasteiger partial charge in [-0.05, 0) is 32.1 Å². The molecular formula is C16H28N2O2. The minimum absolute atomic E-state index is 0.114. The molecule has 0 aromatic rings. The van der Waals surface area contributed by atoms with Gasteiger partial charge in [-0.25, -0.2) is 0 Å². The molecule has 0 bridgehead atoms. The molecule has 4 heteroatoms. The minimum Gasteiger partial charge on any atom is -0.353 e. The molecule has 1 saturated heterocycles. The quantitative estimate of drug-likeness (QED) is 0.860. The molecule has 4 nitrogen and oxygen atoms in total. The van der Waals surface area contributed by atoms with Gasteiger partial charge < -0.3 is 10.2 Å². The number of hydrogen-bond acceptors (Lipinski definition) is 2. The van der Waals surface area contributed by atoms with Crippen LogP contribution in [0.25, 0.3) is 0 Å². The third-order valence-corrected chi connectivity index (χ3v) is 4.63. The van der Waals surface area contributed by atoms with Crippen molar-refractivity contribution in [2.24, 2.45) is 5.92 Å². The lowest BCUT2D eigenvalue weighted by atomic mass is 9.92. The highest BCUT2D eigenvalue weighted by atomic mass is 16.2. The Morgan fingerprint density at radius 2 is 1.70 bits per heavy atom. The average Bonchev–Trinajstić information content (AvgIpc) is 2.48. The van der Waals surface area contributed by atoms with Crippen molar-refractivity contribution >= 4 is 11.8 Å². The van der Waals surface area contributed by atoms with Crippen LogP contribution in [0.3, 0.4) is 0 Å². The van der Waals surface area contributed by atoms with Crippen LogP contribution in [0.15, 0.2) is 0 Å². The number of piperidine rings is 1. The van der Waals surface area contributed by atoms with Crippen LogP contribution in [-0.2, 0) is 9.59 Å². The summed E-state index contributed by atoms with van der Waals surface area (Å²) in [5.41, 5.74) is 0. The van der Waals surface area contributed by atoms with Gasteiger partial charge >= 0.3 is 0 Å². The molecule has 0 aromatic carbocycles. The predicted octanol–water partition coefficient (Wildman–Crippen LogP) is 2.47. The van der Waals surface area contributed by atoms with Crippen molar-refractivity contribution in [2.75, 3.05) is 13.1 Å². The molecule has 1 aliphatic carbocycles. The zero-order valence-corrected chi connectivity index (χ0v) is 12.7. The first-order valence-corrected chi connectivity index (χ1v) is 8.29. The lowest BCUT2D eigenvalue weighted by Gasteiger charge is -2.32. The fraction of sp³-hybridized carbons (Fsp3) is 0.875. The number of nitrogens with zero attached hydrogens (tertiary/aromatic N) is 1. The largest absolute Gasteiger partial charge is 0.353 e. The van der Waals surface area contributed by atoms with Gasteiger partial charge in [0.2, 0.25) is 11.8 Å². The first kappa shape index (κ1) is 15.3. The summed E-state index contributed by atoms with van der Waals surface area (Å²) in [4.78, 5) is 26.0. The Kier molecular flexibility index (Phi) is 5.86. The Hall–Kier alpha value is -1.06. The van der Waals surface area contributed by atoms with Crippen LogP contribution in [0.1, 0.15) is 64.7 Å². The monoisotopic (exact) mass is 280 g/mol. The van der Waals surface area contributed by atoms with E-state index in [1.165, 1.54) is 19.3 Å². The number of nitrogens with one attached hydrogen (secondary N) is 1. The fourth-order valence-electron chi connectivity index (χ4n) is 3.33. The van der Waals surface area contributed by atoms with Crippen LogP contribution in [-0.4, -0.2) is 35.8 Å². The van der Waals surface area contributed by atoms with Crippen LogP contribution in [0.5, 0.6) is 0 Å². The number of rotatable bonds is 4. The predicted molar refractivity (Wildman–Crippen MR) is 79.2 cm³/mol. The van der Waals surface area contributed by atoms with E-state index in [0.29, 0.717) is 12.5 Å². The molecule has 2 aliphatic rings. The van der Waals surface area contributed by atoms with Gasteiger partial charge in [-0.2, -0.15) is 0 Å². The van der Waals surface area contributed by atoms with Gasteiger partial charge in [0.05, 0.1) is 0 Å². The molecule has 20 heavy (non-hydrogen) atoms. The number of likely N-dealkylation sites (tertiary alicyclic amines) is 1. The fourth-order valence-corrected chi connectivity index (χ4v) is 3.33. The molecular weight excluding hydrogens is 252 g/mol. The number of carbonyl (C=O) groups is 2. The molecule has 0 unspecified atom stereocenters. The molecule has 1 N–H and O–H groups in total. The third-order valence-electron chi connectivity index (χ3n) is 4.63. The van der Waals surface area contributed by atoms with Crippen molar-refractivity contribution in [3.8, 4) is 0 Å². The maximum Gasteiger partial charge on any atom is 0.223 e. The van der Waals surface area contributed by atoms with Gasteiger partial charge in [0.15, 0.2) is 0 Å². The zero-order chi connectivity index (χ0) is 14.4. The smallest absolute Gasteiger partial charge is 0.223 e. The standard InChI is InChI=1S/C16H28N2O2/c1-2-6-15(19)18-11-9-13(10-12-18)16(20)17-14-7-4-3-5-8-14/h13-14H,2-12H2,1H3,(H,17,20). The van der Waals surface area contributed by atoms with Crippen LogP contribution in [0.4, 0.5) is 0 Å². The van der Waals surface area contributed by atoms with Crippen molar-refractivity contribution < 1.29 is 9.59 Å². The summed E-state index contributed by atoms with van der Waals surface area (Å²) in [7, 11) is 0. The topological polar surface area (TPSA) is 49.4 Å². The van der Waals surface area contributed by atoms with Crippen molar-refractivity contribution in [2.45, 2.75) is 70.8 Å². The van der Waals surface area contributed by atoms with E-state index in [4.69, 9.17) is 0 Å². The van der Waals surface area contributed by atoms with Crippen LogP contribution < -0.4 is 5.32 Å². The summed E-state index contributed by atoms with van der Waals surface area (Å²) >= 11 is 0. The maximum atomic E-state index is 12.3. The number of amides is 2. The molecule has 2 fully saturated rings. The summed E-state index contributed by atoms with van der Waals surface area (Å²) in [6.07, 6.45) is 9.27. The summed E-state index contributed by atoms with van der Waals surface area (Å²) in [5, 5.41) is 3.22. The molecule has 1 heterocycles. The Morgan fingerprint density at radius 3 is 2.30 bits per heavy atom. The van der Waals surface area contributed by atoms with E-state index in [9.17, 15) is 9.59 Å². The normalized spacial score (nSPS) is 21.8. The summed E-state index contributed by atoms with van der Waals surface area (Å²) in [6.45, 7) is 3.53. The lowest BCUT2D eigenvalue weighted by molar-refractivity contribution is -0.135. The van der Waals surface area contributed by atoms with Gasteiger partial charge in [0.25, 0.3) is 0 Å². The van der Waals surface area contributed by atoms with E-state index in [0.717, 1.165) is 45.2 Å². The second-order valence-corrected chi connectivity index (χ2v) is 6.25. The lowest BCUT2D eigenvalue weighted by Crippen LogP contribution is -2.45. The molecule has 1 saturated carbocycles. The molecule has 0 atom stereocenters. The summed E-state index contributed by atoms with van der Waals surface area (Å²) in [5.74, 6) is 0.584. The van der Waals surface area contributed by atoms with Gasteiger partial charge in [-0.15, -0.1) is 0 Å². The van der Waals surface area contributed by atoms with E-state index in [-0.39, 0.29) is 17.7 Å². The van der Waals surface area contributed by atoms with Gasteiger partial charge in [0, 0.05) is 31.5 Å². The van der Waals surface area contributed by atoms with E-state index < -0.39 is 0 Å². The maximum absolute atomic E-state index is 12.3. The van der Waals surface area contributed by atoms with Gasteiger partial charge in [-0.1, -0.05) is 26.2 Å². The number of hydrogen-bond donors (Lipinski definition) is 1. The van der Waals surface area contributed by atoms with E-state index in [1.54, 1.807) is 0 Å². The van der Waals surface area contributed by atoms with Gasteiger partial charge in [0.1, 0.15) is 0 Å². The molecule has 114 valence electrons. The SMILES string of the molecule is CCCC(=O)N1CCC(C(=O)NC2CCCCC2)CC1. The molecule has 2 amide bonds. The summed E-state index contributed by atoms with van der Waals surface area (Å²) < 4.78 is 0. The molecule has 1 aliphatic heterocycles. The van der Waals surface area contributed by atoms with Crippen molar-refractivity contribution in [1.82, 2.24) is 10.2 Å². The Bertz CT molecular complexity index is 329. The average molecular weight is 280 g/mol. The van der Waals surface area contributed by atoms with Crippen LogP contribution in [0, 0.1) is 5.92 Å². The first-order chi connectivity index (χ1) is 9.70. The Morgan fingerprint density at radius 1 is 1.05 bits per heavy atom. The third kappa shape index (κ3) is 4.22. The Balaban J connectivity index is 1.72. The summed E-state index contributed by atoms with van der Waals surface area (Å²) in [6, 6.07) is 0.399. The van der Waals surface area contributed by atoms with Crippen molar-refractivity contribution in [1.29, 1.82) is 0 Å². The van der Waals surface area contributed by atoms with E-state index in [2.05, 4.69) is 5.32 Å². The second-order valence-electron chi connectivity index (χ2n) is 6.25. The van der Waals surface area contributed by atoms with E-state index >= 15 is 0 Å². The minimum atomic E-state index is 0.114. The van der Waals surface area contributed by atoms with Crippen molar-refractivity contribution in [3.63, 3.8) is 0 Å². The van der Waals surface area contributed by atoms with Crippen molar-refractivity contribution in [3.05, 3.63) is 0 Å².